The van der Waals surface area contributed by atoms with Gasteiger partial charge in [-0.3, -0.25) is 9.59 Å². The zero-order valence-corrected chi connectivity index (χ0v) is 12.0. The molecule has 0 unspecified atom stereocenters. The number of halogens is 1. The maximum Gasteiger partial charge on any atom is 0.323 e. The molecule has 1 aromatic carbocycles. The lowest BCUT2D eigenvalue weighted by Gasteiger charge is -2.23. The van der Waals surface area contributed by atoms with Crippen molar-refractivity contribution in [1.29, 1.82) is 0 Å². The molecule has 1 rings (SSSR count). The number of rotatable bonds is 5. The SMILES string of the molecule is CC(C)CN(CC(=O)O)C(=O)c1ccccc1Br. The number of carboxylic acids is 1. The molecule has 4 nitrogen and oxygen atoms in total. The second-order valence-electron chi connectivity index (χ2n) is 4.45. The van der Waals surface area contributed by atoms with E-state index < -0.39 is 5.97 Å². The third kappa shape index (κ3) is 4.14. The van der Waals surface area contributed by atoms with Crippen LogP contribution in [0.1, 0.15) is 24.2 Å². The van der Waals surface area contributed by atoms with Crippen LogP contribution in [-0.4, -0.2) is 35.0 Å². The maximum absolute atomic E-state index is 12.3. The van der Waals surface area contributed by atoms with Gasteiger partial charge in [0.05, 0.1) is 5.56 Å². The summed E-state index contributed by atoms with van der Waals surface area (Å²) < 4.78 is 0.675. The van der Waals surface area contributed by atoms with E-state index in [1.807, 2.05) is 19.9 Å². The van der Waals surface area contributed by atoms with Gasteiger partial charge < -0.3 is 10.0 Å². The summed E-state index contributed by atoms with van der Waals surface area (Å²) in [6.45, 7) is 4.04. The molecule has 0 aliphatic heterocycles. The van der Waals surface area contributed by atoms with Crippen LogP contribution in [0.25, 0.3) is 0 Å². The van der Waals surface area contributed by atoms with Crippen molar-refractivity contribution in [3.05, 3.63) is 34.3 Å². The van der Waals surface area contributed by atoms with E-state index in [4.69, 9.17) is 5.11 Å². The fourth-order valence-electron chi connectivity index (χ4n) is 1.63. The van der Waals surface area contributed by atoms with Gasteiger partial charge in [0.25, 0.3) is 5.91 Å². The molecule has 0 bridgehead atoms. The van der Waals surface area contributed by atoms with Crippen LogP contribution >= 0.6 is 15.9 Å². The average Bonchev–Trinajstić information content (AvgIpc) is 2.26. The number of carbonyl (C=O) groups is 2. The van der Waals surface area contributed by atoms with Crippen molar-refractivity contribution in [2.75, 3.05) is 13.1 Å². The molecule has 0 saturated heterocycles. The van der Waals surface area contributed by atoms with Crippen LogP contribution in [0.5, 0.6) is 0 Å². The average molecular weight is 314 g/mol. The second kappa shape index (κ2) is 6.54. The van der Waals surface area contributed by atoms with Crippen LogP contribution in [0.2, 0.25) is 0 Å². The van der Waals surface area contributed by atoms with Gasteiger partial charge in [-0.2, -0.15) is 0 Å². The number of hydrogen-bond acceptors (Lipinski definition) is 2. The van der Waals surface area contributed by atoms with Gasteiger partial charge >= 0.3 is 5.97 Å². The Morgan fingerprint density at radius 1 is 1.33 bits per heavy atom. The third-order valence-electron chi connectivity index (χ3n) is 2.30. The lowest BCUT2D eigenvalue weighted by Crippen LogP contribution is -2.38. The Labute approximate surface area is 115 Å². The monoisotopic (exact) mass is 313 g/mol. The first-order valence-corrected chi connectivity index (χ1v) is 6.46. The molecule has 1 N–H and O–H groups in total. The van der Waals surface area contributed by atoms with E-state index in [9.17, 15) is 9.59 Å². The van der Waals surface area contributed by atoms with Crippen molar-refractivity contribution in [2.24, 2.45) is 5.92 Å². The number of benzene rings is 1. The minimum absolute atomic E-state index is 0.218. The molecule has 0 aromatic heterocycles. The van der Waals surface area contributed by atoms with E-state index in [1.54, 1.807) is 18.2 Å². The Balaban J connectivity index is 2.95. The Morgan fingerprint density at radius 3 is 2.44 bits per heavy atom. The summed E-state index contributed by atoms with van der Waals surface area (Å²) >= 11 is 3.30. The quantitative estimate of drug-likeness (QED) is 0.909. The summed E-state index contributed by atoms with van der Waals surface area (Å²) in [6, 6.07) is 7.01. The van der Waals surface area contributed by atoms with Gasteiger partial charge in [-0.05, 0) is 34.0 Å². The highest BCUT2D eigenvalue weighted by Crippen LogP contribution is 2.18. The zero-order chi connectivity index (χ0) is 13.7. The van der Waals surface area contributed by atoms with E-state index >= 15 is 0 Å². The highest BCUT2D eigenvalue weighted by molar-refractivity contribution is 9.10. The molecule has 1 amide bonds. The topological polar surface area (TPSA) is 57.6 Å². The lowest BCUT2D eigenvalue weighted by molar-refractivity contribution is -0.137. The van der Waals surface area contributed by atoms with Crippen LogP contribution in [0, 0.1) is 5.92 Å². The van der Waals surface area contributed by atoms with E-state index in [0.29, 0.717) is 16.6 Å². The summed E-state index contributed by atoms with van der Waals surface area (Å²) in [5, 5.41) is 8.86. The summed E-state index contributed by atoms with van der Waals surface area (Å²) in [7, 11) is 0. The molecular formula is C13H16BrNO3. The van der Waals surface area contributed by atoms with E-state index in [0.717, 1.165) is 0 Å². The van der Waals surface area contributed by atoms with Crippen molar-refractivity contribution in [3.63, 3.8) is 0 Å². The molecule has 0 atom stereocenters. The van der Waals surface area contributed by atoms with Gasteiger partial charge in [-0.1, -0.05) is 26.0 Å². The summed E-state index contributed by atoms with van der Waals surface area (Å²) in [6.07, 6.45) is 0. The van der Waals surface area contributed by atoms with Crippen molar-refractivity contribution in [1.82, 2.24) is 4.90 Å². The third-order valence-corrected chi connectivity index (χ3v) is 2.99. The Morgan fingerprint density at radius 2 is 1.94 bits per heavy atom. The molecule has 0 heterocycles. The predicted octanol–water partition coefficient (Wildman–Crippen LogP) is 2.63. The van der Waals surface area contributed by atoms with Crippen molar-refractivity contribution in [2.45, 2.75) is 13.8 Å². The fraction of sp³-hybridized carbons (Fsp3) is 0.385. The first kappa shape index (κ1) is 14.7. The molecule has 18 heavy (non-hydrogen) atoms. The van der Waals surface area contributed by atoms with Crippen molar-refractivity contribution < 1.29 is 14.7 Å². The predicted molar refractivity (Wildman–Crippen MR) is 72.5 cm³/mol. The maximum atomic E-state index is 12.3. The summed E-state index contributed by atoms with van der Waals surface area (Å²) in [4.78, 5) is 24.4. The van der Waals surface area contributed by atoms with Crippen molar-refractivity contribution in [3.8, 4) is 0 Å². The molecule has 0 radical (unpaired) electrons. The second-order valence-corrected chi connectivity index (χ2v) is 5.31. The zero-order valence-electron chi connectivity index (χ0n) is 10.4. The Hall–Kier alpha value is -1.36. The highest BCUT2D eigenvalue weighted by Gasteiger charge is 2.20. The molecule has 0 spiro atoms. The van der Waals surface area contributed by atoms with Gasteiger partial charge in [0.2, 0.25) is 0 Å². The Kier molecular flexibility index (Phi) is 5.34. The van der Waals surface area contributed by atoms with Gasteiger partial charge in [-0.25, -0.2) is 0 Å². The molecule has 5 heteroatoms. The molecule has 0 saturated carbocycles. The van der Waals surface area contributed by atoms with Crippen LogP contribution in [0.4, 0.5) is 0 Å². The molecular weight excluding hydrogens is 298 g/mol. The largest absolute Gasteiger partial charge is 0.480 e. The molecule has 0 aliphatic carbocycles. The summed E-state index contributed by atoms with van der Waals surface area (Å²) in [5.74, 6) is -1.05. The number of carbonyl (C=O) groups excluding carboxylic acids is 1. The summed E-state index contributed by atoms with van der Waals surface area (Å²) in [5.41, 5.74) is 0.486. The highest BCUT2D eigenvalue weighted by atomic mass is 79.9. The standard InChI is InChI=1S/C13H16BrNO3/c1-9(2)7-15(8-12(16)17)13(18)10-5-3-4-6-11(10)14/h3-6,9H,7-8H2,1-2H3,(H,16,17). The van der Waals surface area contributed by atoms with Gasteiger partial charge in [-0.15, -0.1) is 0 Å². The molecule has 98 valence electrons. The van der Waals surface area contributed by atoms with E-state index in [2.05, 4.69) is 15.9 Å². The number of hydrogen-bond donors (Lipinski definition) is 1. The minimum Gasteiger partial charge on any atom is -0.480 e. The minimum atomic E-state index is -1.00. The normalized spacial score (nSPS) is 10.4. The number of carboxylic acid groups (broad SMARTS) is 1. The van der Waals surface area contributed by atoms with Crippen LogP contribution in [-0.2, 0) is 4.79 Å². The first-order chi connectivity index (χ1) is 8.41. The fourth-order valence-corrected chi connectivity index (χ4v) is 2.08. The Bertz CT molecular complexity index is 446. The number of aliphatic carboxylic acids is 1. The molecule has 0 fully saturated rings. The van der Waals surface area contributed by atoms with Gasteiger partial charge in [0, 0.05) is 11.0 Å². The molecule has 1 aromatic rings. The lowest BCUT2D eigenvalue weighted by atomic mass is 10.1. The van der Waals surface area contributed by atoms with Gasteiger partial charge in [0.15, 0.2) is 0 Å². The number of amides is 1. The van der Waals surface area contributed by atoms with Gasteiger partial charge in [0.1, 0.15) is 6.54 Å². The smallest absolute Gasteiger partial charge is 0.323 e. The van der Waals surface area contributed by atoms with Crippen LogP contribution in [0.15, 0.2) is 28.7 Å². The van der Waals surface area contributed by atoms with Crippen LogP contribution < -0.4 is 0 Å². The number of nitrogens with zero attached hydrogens (tertiary/aromatic N) is 1. The van der Waals surface area contributed by atoms with Crippen LogP contribution in [0.3, 0.4) is 0 Å². The van der Waals surface area contributed by atoms with E-state index in [-0.39, 0.29) is 18.4 Å². The van der Waals surface area contributed by atoms with Crippen molar-refractivity contribution >= 4 is 27.8 Å². The molecule has 0 aliphatic rings. The first-order valence-electron chi connectivity index (χ1n) is 5.67. The van der Waals surface area contributed by atoms with E-state index in [1.165, 1.54) is 4.90 Å².